The third-order valence-corrected chi connectivity index (χ3v) is 3.12. The lowest BCUT2D eigenvalue weighted by Gasteiger charge is -2.37. The van der Waals surface area contributed by atoms with Gasteiger partial charge in [0.05, 0.1) is 5.41 Å². The summed E-state index contributed by atoms with van der Waals surface area (Å²) in [5.41, 5.74) is 5.37. The fraction of sp³-hybridized carbons (Fsp3) is 0.900. The summed E-state index contributed by atoms with van der Waals surface area (Å²) in [4.78, 5) is 13.8. The van der Waals surface area contributed by atoms with Gasteiger partial charge in [-0.15, -0.1) is 0 Å². The molecule has 1 aliphatic rings. The molecule has 1 rings (SSSR count). The van der Waals surface area contributed by atoms with Crippen LogP contribution in [0, 0.1) is 5.41 Å². The van der Waals surface area contributed by atoms with Crippen molar-refractivity contribution in [1.29, 1.82) is 0 Å². The fourth-order valence-corrected chi connectivity index (χ4v) is 1.82. The zero-order valence-corrected chi connectivity index (χ0v) is 9.08. The van der Waals surface area contributed by atoms with Crippen LogP contribution in [-0.2, 0) is 9.53 Å². The number of nitrogens with two attached hydrogens (primary N) is 1. The lowest BCUT2D eigenvalue weighted by Crippen LogP contribution is -2.49. The lowest BCUT2D eigenvalue weighted by molar-refractivity contribution is -0.145. The van der Waals surface area contributed by atoms with Crippen molar-refractivity contribution in [2.75, 3.05) is 33.4 Å². The van der Waals surface area contributed by atoms with E-state index in [2.05, 4.69) is 0 Å². The zero-order chi connectivity index (χ0) is 10.6. The molecule has 4 heteroatoms. The average Bonchev–Trinajstić information content (AvgIpc) is 2.28. The average molecular weight is 200 g/mol. The van der Waals surface area contributed by atoms with Crippen LogP contribution in [0.25, 0.3) is 0 Å². The minimum absolute atomic E-state index is 0.172. The molecule has 0 atom stereocenters. The maximum Gasteiger partial charge on any atom is 0.229 e. The molecule has 0 unspecified atom stereocenters. The van der Waals surface area contributed by atoms with Crippen LogP contribution >= 0.6 is 0 Å². The van der Waals surface area contributed by atoms with E-state index < -0.39 is 0 Å². The number of carbonyl (C=O) groups excluding carboxylic acids is 1. The van der Waals surface area contributed by atoms with E-state index in [9.17, 15) is 4.79 Å². The summed E-state index contributed by atoms with van der Waals surface area (Å²) in [7, 11) is 1.83. The summed E-state index contributed by atoms with van der Waals surface area (Å²) >= 11 is 0. The molecular weight excluding hydrogens is 180 g/mol. The van der Waals surface area contributed by atoms with Gasteiger partial charge in [-0.3, -0.25) is 4.79 Å². The molecule has 0 radical (unpaired) electrons. The third-order valence-electron chi connectivity index (χ3n) is 3.12. The van der Waals surface area contributed by atoms with E-state index in [4.69, 9.17) is 10.5 Å². The van der Waals surface area contributed by atoms with Crippen LogP contribution in [0.15, 0.2) is 0 Å². The van der Waals surface area contributed by atoms with Gasteiger partial charge in [0.25, 0.3) is 0 Å². The van der Waals surface area contributed by atoms with Crippen molar-refractivity contribution in [2.45, 2.75) is 19.8 Å². The maximum absolute atomic E-state index is 12.1. The normalized spacial score (nSPS) is 20.5. The van der Waals surface area contributed by atoms with Gasteiger partial charge in [-0.25, -0.2) is 0 Å². The topological polar surface area (TPSA) is 55.6 Å². The Balaban J connectivity index is 2.72. The van der Waals surface area contributed by atoms with Gasteiger partial charge in [-0.1, -0.05) is 0 Å². The molecule has 0 bridgehead atoms. The molecule has 0 aromatic carbocycles. The Kier molecular flexibility index (Phi) is 3.89. The molecule has 0 aliphatic carbocycles. The highest BCUT2D eigenvalue weighted by Crippen LogP contribution is 2.31. The van der Waals surface area contributed by atoms with Crippen molar-refractivity contribution in [3.63, 3.8) is 0 Å². The first kappa shape index (κ1) is 11.5. The molecule has 82 valence electrons. The van der Waals surface area contributed by atoms with Gasteiger partial charge in [-0.05, 0) is 19.8 Å². The second kappa shape index (κ2) is 4.75. The number of amides is 1. The van der Waals surface area contributed by atoms with Crippen molar-refractivity contribution >= 4 is 5.91 Å². The second-order valence-electron chi connectivity index (χ2n) is 3.92. The van der Waals surface area contributed by atoms with Crippen molar-refractivity contribution in [1.82, 2.24) is 4.90 Å². The molecule has 14 heavy (non-hydrogen) atoms. The van der Waals surface area contributed by atoms with Gasteiger partial charge < -0.3 is 15.4 Å². The van der Waals surface area contributed by atoms with Crippen LogP contribution in [0.1, 0.15) is 19.8 Å². The predicted molar refractivity (Wildman–Crippen MR) is 54.9 cm³/mol. The minimum Gasteiger partial charge on any atom is -0.381 e. The van der Waals surface area contributed by atoms with E-state index in [0.29, 0.717) is 19.8 Å². The molecule has 1 heterocycles. The van der Waals surface area contributed by atoms with Gasteiger partial charge in [-0.2, -0.15) is 0 Å². The van der Waals surface area contributed by atoms with Crippen molar-refractivity contribution < 1.29 is 9.53 Å². The quantitative estimate of drug-likeness (QED) is 0.709. The summed E-state index contributed by atoms with van der Waals surface area (Å²) in [5.74, 6) is 0.172. The Morgan fingerprint density at radius 3 is 2.50 bits per heavy atom. The summed E-state index contributed by atoms with van der Waals surface area (Å²) in [5, 5.41) is 0. The number of rotatable bonds is 3. The summed E-state index contributed by atoms with van der Waals surface area (Å²) in [6, 6.07) is 0. The highest BCUT2D eigenvalue weighted by Gasteiger charge is 2.40. The van der Waals surface area contributed by atoms with Crippen molar-refractivity contribution in [2.24, 2.45) is 11.1 Å². The third kappa shape index (κ3) is 2.07. The number of ether oxygens (including phenoxy) is 1. The van der Waals surface area contributed by atoms with E-state index in [0.717, 1.165) is 19.4 Å². The van der Waals surface area contributed by atoms with Gasteiger partial charge in [0, 0.05) is 33.4 Å². The first-order valence-electron chi connectivity index (χ1n) is 5.19. The highest BCUT2D eigenvalue weighted by molar-refractivity contribution is 5.82. The van der Waals surface area contributed by atoms with Gasteiger partial charge in [0.1, 0.15) is 0 Å². The molecule has 0 spiro atoms. The van der Waals surface area contributed by atoms with Crippen LogP contribution in [0.3, 0.4) is 0 Å². The largest absolute Gasteiger partial charge is 0.381 e. The summed E-state index contributed by atoms with van der Waals surface area (Å²) in [6.07, 6.45) is 1.51. The van der Waals surface area contributed by atoms with Crippen LogP contribution in [0.5, 0.6) is 0 Å². The minimum atomic E-state index is -0.358. The molecule has 4 nitrogen and oxygen atoms in total. The standard InChI is InChI=1S/C10H20N2O2/c1-3-12(2)9(13)10(8-11)4-6-14-7-5-10/h3-8,11H2,1-2H3. The summed E-state index contributed by atoms with van der Waals surface area (Å²) < 4.78 is 5.26. The molecule has 0 aromatic heterocycles. The van der Waals surface area contributed by atoms with Crippen molar-refractivity contribution in [3.05, 3.63) is 0 Å². The number of carbonyl (C=O) groups is 1. The van der Waals surface area contributed by atoms with Crippen LogP contribution in [0.4, 0.5) is 0 Å². The van der Waals surface area contributed by atoms with Gasteiger partial charge in [0.15, 0.2) is 0 Å². The van der Waals surface area contributed by atoms with Crippen LogP contribution in [-0.4, -0.2) is 44.2 Å². The molecule has 1 amide bonds. The Hall–Kier alpha value is -0.610. The number of nitrogens with zero attached hydrogens (tertiary/aromatic N) is 1. The molecule has 0 saturated carbocycles. The second-order valence-corrected chi connectivity index (χ2v) is 3.92. The lowest BCUT2D eigenvalue weighted by atomic mass is 9.79. The highest BCUT2D eigenvalue weighted by atomic mass is 16.5. The smallest absolute Gasteiger partial charge is 0.229 e. The first-order valence-corrected chi connectivity index (χ1v) is 5.19. The molecule has 2 N–H and O–H groups in total. The molecule has 1 fully saturated rings. The zero-order valence-electron chi connectivity index (χ0n) is 9.08. The molecular formula is C10H20N2O2. The number of hydrogen-bond donors (Lipinski definition) is 1. The van der Waals surface area contributed by atoms with Crippen LogP contribution in [0.2, 0.25) is 0 Å². The SMILES string of the molecule is CCN(C)C(=O)C1(CN)CCOCC1. The van der Waals surface area contributed by atoms with E-state index >= 15 is 0 Å². The molecule has 1 saturated heterocycles. The van der Waals surface area contributed by atoms with E-state index in [-0.39, 0.29) is 11.3 Å². The van der Waals surface area contributed by atoms with E-state index in [1.165, 1.54) is 0 Å². The fourth-order valence-electron chi connectivity index (χ4n) is 1.82. The van der Waals surface area contributed by atoms with Gasteiger partial charge >= 0.3 is 0 Å². The Labute approximate surface area is 85.4 Å². The van der Waals surface area contributed by atoms with Crippen LogP contribution < -0.4 is 5.73 Å². The summed E-state index contributed by atoms with van der Waals surface area (Å²) in [6.45, 7) is 4.45. The van der Waals surface area contributed by atoms with Crippen molar-refractivity contribution in [3.8, 4) is 0 Å². The Bertz CT molecular complexity index is 200. The van der Waals surface area contributed by atoms with Gasteiger partial charge in [0.2, 0.25) is 5.91 Å². The monoisotopic (exact) mass is 200 g/mol. The Morgan fingerprint density at radius 1 is 1.50 bits per heavy atom. The molecule has 1 aliphatic heterocycles. The maximum atomic E-state index is 12.1. The predicted octanol–water partition coefficient (Wildman–Crippen LogP) is 0.220. The first-order chi connectivity index (χ1) is 6.66. The molecule has 0 aromatic rings. The number of hydrogen-bond acceptors (Lipinski definition) is 3. The van der Waals surface area contributed by atoms with E-state index in [1.807, 2.05) is 14.0 Å². The van der Waals surface area contributed by atoms with E-state index in [1.54, 1.807) is 4.90 Å². The Morgan fingerprint density at radius 2 is 2.07 bits per heavy atom.